The maximum atomic E-state index is 6.19. The van der Waals surface area contributed by atoms with E-state index >= 15 is 0 Å². The molecule has 25 heavy (non-hydrogen) atoms. The monoisotopic (exact) mass is 335 g/mol. The molecular weight excluding hydrogens is 318 g/mol. The molecule has 0 aliphatic heterocycles. The second kappa shape index (κ2) is 5.90. The van der Waals surface area contributed by atoms with E-state index in [0.29, 0.717) is 22.8 Å². The molecule has 0 radical (unpaired) electrons. The average Bonchev–Trinajstić information content (AvgIpc) is 3.30. The molecule has 4 rings (SSSR count). The van der Waals surface area contributed by atoms with E-state index in [1.165, 1.54) is 0 Å². The summed E-state index contributed by atoms with van der Waals surface area (Å²) in [6, 6.07) is 11.3. The molecule has 6 heteroatoms. The highest BCUT2D eigenvalue weighted by Crippen LogP contribution is 2.33. The minimum atomic E-state index is 0.584. The molecule has 0 spiro atoms. The first-order valence-corrected chi connectivity index (χ1v) is 7.74. The molecule has 0 fully saturated rings. The summed E-state index contributed by atoms with van der Waals surface area (Å²) in [5.74, 6) is 2.09. The van der Waals surface area contributed by atoms with E-state index in [-0.39, 0.29) is 0 Å². The fraction of sp³-hybridized carbons (Fsp3) is 0.105. The van der Waals surface area contributed by atoms with Crippen LogP contribution in [0.25, 0.3) is 28.2 Å². The highest BCUT2D eigenvalue weighted by molar-refractivity contribution is 5.76. The van der Waals surface area contributed by atoms with Crippen molar-refractivity contribution in [1.82, 2.24) is 9.38 Å². The second-order valence-corrected chi connectivity index (χ2v) is 5.59. The highest BCUT2D eigenvalue weighted by Gasteiger charge is 2.12. The van der Waals surface area contributed by atoms with Crippen LogP contribution in [0.5, 0.6) is 11.5 Å². The fourth-order valence-corrected chi connectivity index (χ4v) is 2.84. The Balaban J connectivity index is 1.83. The van der Waals surface area contributed by atoms with Gasteiger partial charge >= 0.3 is 0 Å². The summed E-state index contributed by atoms with van der Waals surface area (Å²) < 4.78 is 18.0. The standard InChI is InChI=1S/C19H17N3O3/c1-23-17-6-5-12(9-18(17)24-2)15-11-22-10-13(16-4-3-7-25-16)8-14(20)19(22)21-15/h3-11H,20H2,1-2H3. The lowest BCUT2D eigenvalue weighted by atomic mass is 10.1. The Morgan fingerprint density at radius 2 is 1.84 bits per heavy atom. The van der Waals surface area contributed by atoms with Gasteiger partial charge in [0, 0.05) is 23.5 Å². The van der Waals surface area contributed by atoms with Gasteiger partial charge in [-0.15, -0.1) is 0 Å². The predicted octanol–water partition coefficient (Wildman–Crippen LogP) is 3.86. The lowest BCUT2D eigenvalue weighted by Crippen LogP contribution is -1.93. The topological polar surface area (TPSA) is 74.9 Å². The van der Waals surface area contributed by atoms with Crippen LogP contribution in [0.3, 0.4) is 0 Å². The lowest BCUT2D eigenvalue weighted by Gasteiger charge is -2.08. The SMILES string of the molecule is COc1ccc(-c2cn3cc(-c4ccco4)cc(N)c3n2)cc1OC. The Morgan fingerprint density at radius 1 is 1.00 bits per heavy atom. The minimum Gasteiger partial charge on any atom is -0.493 e. The van der Waals surface area contributed by atoms with Gasteiger partial charge in [0.1, 0.15) is 5.76 Å². The predicted molar refractivity (Wildman–Crippen MR) is 95.8 cm³/mol. The van der Waals surface area contributed by atoms with Crippen molar-refractivity contribution in [2.24, 2.45) is 0 Å². The molecule has 3 aromatic heterocycles. The van der Waals surface area contributed by atoms with Gasteiger partial charge in [0.2, 0.25) is 0 Å². The second-order valence-electron chi connectivity index (χ2n) is 5.59. The fourth-order valence-electron chi connectivity index (χ4n) is 2.84. The number of nitrogens with two attached hydrogens (primary N) is 1. The van der Waals surface area contributed by atoms with Gasteiger partial charge in [0.15, 0.2) is 17.1 Å². The van der Waals surface area contributed by atoms with Crippen molar-refractivity contribution in [2.45, 2.75) is 0 Å². The van der Waals surface area contributed by atoms with Crippen molar-refractivity contribution in [2.75, 3.05) is 20.0 Å². The van der Waals surface area contributed by atoms with Gasteiger partial charge in [-0.25, -0.2) is 4.98 Å². The van der Waals surface area contributed by atoms with Crippen molar-refractivity contribution in [3.8, 4) is 34.1 Å². The largest absolute Gasteiger partial charge is 0.493 e. The van der Waals surface area contributed by atoms with E-state index < -0.39 is 0 Å². The Bertz CT molecular complexity index is 1040. The van der Waals surface area contributed by atoms with Gasteiger partial charge in [-0.2, -0.15) is 0 Å². The molecule has 0 aliphatic rings. The van der Waals surface area contributed by atoms with E-state index in [4.69, 9.17) is 19.6 Å². The molecule has 1 aromatic carbocycles. The number of methoxy groups -OCH3 is 2. The number of furan rings is 1. The maximum absolute atomic E-state index is 6.19. The number of nitrogen functional groups attached to an aromatic ring is 1. The molecule has 0 aliphatic carbocycles. The van der Waals surface area contributed by atoms with Crippen LogP contribution in [0.1, 0.15) is 0 Å². The average molecular weight is 335 g/mol. The zero-order valence-corrected chi connectivity index (χ0v) is 13.9. The molecule has 0 atom stereocenters. The molecule has 3 heterocycles. The van der Waals surface area contributed by atoms with Gasteiger partial charge in [-0.3, -0.25) is 0 Å². The quantitative estimate of drug-likeness (QED) is 0.613. The van der Waals surface area contributed by atoms with Crippen LogP contribution in [-0.2, 0) is 0 Å². The molecule has 6 nitrogen and oxygen atoms in total. The number of ether oxygens (including phenoxy) is 2. The number of hydrogen-bond acceptors (Lipinski definition) is 5. The molecule has 2 N–H and O–H groups in total. The summed E-state index contributed by atoms with van der Waals surface area (Å²) >= 11 is 0. The molecular formula is C19H17N3O3. The number of fused-ring (bicyclic) bond motifs is 1. The minimum absolute atomic E-state index is 0.584. The summed E-state index contributed by atoms with van der Waals surface area (Å²) in [5.41, 5.74) is 10.1. The zero-order valence-electron chi connectivity index (χ0n) is 13.9. The van der Waals surface area contributed by atoms with Gasteiger partial charge in [-0.1, -0.05) is 0 Å². The number of anilines is 1. The summed E-state index contributed by atoms with van der Waals surface area (Å²) in [5, 5.41) is 0. The summed E-state index contributed by atoms with van der Waals surface area (Å²) in [6.45, 7) is 0. The van der Waals surface area contributed by atoms with E-state index in [1.807, 2.05) is 53.2 Å². The Hall–Kier alpha value is -3.41. The van der Waals surface area contributed by atoms with E-state index in [1.54, 1.807) is 20.5 Å². The third kappa shape index (κ3) is 2.57. The summed E-state index contributed by atoms with van der Waals surface area (Å²) in [7, 11) is 3.22. The third-order valence-electron chi connectivity index (χ3n) is 4.06. The Morgan fingerprint density at radius 3 is 2.56 bits per heavy atom. The van der Waals surface area contributed by atoms with Crippen molar-refractivity contribution in [3.05, 3.63) is 55.1 Å². The van der Waals surface area contributed by atoms with Crippen LogP contribution in [0, 0.1) is 0 Å². The molecule has 0 amide bonds. The van der Waals surface area contributed by atoms with Crippen LogP contribution in [0.2, 0.25) is 0 Å². The van der Waals surface area contributed by atoms with Gasteiger partial charge in [0.05, 0.1) is 31.9 Å². The van der Waals surface area contributed by atoms with Crippen molar-refractivity contribution < 1.29 is 13.9 Å². The number of benzene rings is 1. The van der Waals surface area contributed by atoms with E-state index in [2.05, 4.69) is 4.98 Å². The first-order valence-electron chi connectivity index (χ1n) is 7.74. The maximum Gasteiger partial charge on any atom is 0.161 e. The van der Waals surface area contributed by atoms with Crippen LogP contribution in [0.15, 0.2) is 59.5 Å². The highest BCUT2D eigenvalue weighted by atomic mass is 16.5. The number of pyridine rings is 1. The van der Waals surface area contributed by atoms with Gasteiger partial charge in [0.25, 0.3) is 0 Å². The Kier molecular flexibility index (Phi) is 3.57. The third-order valence-corrected chi connectivity index (χ3v) is 4.06. The van der Waals surface area contributed by atoms with Gasteiger partial charge < -0.3 is 24.0 Å². The first kappa shape index (κ1) is 15.1. The van der Waals surface area contributed by atoms with Gasteiger partial charge in [-0.05, 0) is 36.4 Å². The molecule has 0 saturated heterocycles. The number of imidazole rings is 1. The number of hydrogen-bond donors (Lipinski definition) is 1. The molecule has 0 bridgehead atoms. The normalized spacial score (nSPS) is 11.0. The number of aromatic nitrogens is 2. The zero-order chi connectivity index (χ0) is 17.4. The first-order chi connectivity index (χ1) is 12.2. The van der Waals surface area contributed by atoms with Crippen molar-refractivity contribution >= 4 is 11.3 Å². The number of nitrogens with zero attached hydrogens (tertiary/aromatic N) is 2. The molecule has 126 valence electrons. The van der Waals surface area contributed by atoms with Crippen LogP contribution in [0.4, 0.5) is 5.69 Å². The summed E-state index contributed by atoms with van der Waals surface area (Å²) in [4.78, 5) is 4.65. The summed E-state index contributed by atoms with van der Waals surface area (Å²) in [6.07, 6.45) is 5.51. The molecule has 4 aromatic rings. The Labute approximate surface area is 144 Å². The van der Waals surface area contributed by atoms with E-state index in [0.717, 1.165) is 22.6 Å². The molecule has 0 saturated carbocycles. The lowest BCUT2D eigenvalue weighted by molar-refractivity contribution is 0.355. The van der Waals surface area contributed by atoms with Crippen LogP contribution >= 0.6 is 0 Å². The van der Waals surface area contributed by atoms with Crippen LogP contribution < -0.4 is 15.2 Å². The molecule has 0 unspecified atom stereocenters. The van der Waals surface area contributed by atoms with E-state index in [9.17, 15) is 0 Å². The number of rotatable bonds is 4. The smallest absolute Gasteiger partial charge is 0.161 e. The van der Waals surface area contributed by atoms with Crippen molar-refractivity contribution in [3.63, 3.8) is 0 Å². The van der Waals surface area contributed by atoms with Crippen molar-refractivity contribution in [1.29, 1.82) is 0 Å². The van der Waals surface area contributed by atoms with Crippen LogP contribution in [-0.4, -0.2) is 23.6 Å².